The molecule has 4 nitrogen and oxygen atoms in total. The lowest BCUT2D eigenvalue weighted by Crippen LogP contribution is -2.23. The highest BCUT2D eigenvalue weighted by atomic mass is 19.4. The van der Waals surface area contributed by atoms with Gasteiger partial charge in [0.25, 0.3) is 0 Å². The van der Waals surface area contributed by atoms with Crippen molar-refractivity contribution in [2.45, 2.75) is 13.1 Å². The van der Waals surface area contributed by atoms with Crippen molar-refractivity contribution in [1.82, 2.24) is 0 Å². The summed E-state index contributed by atoms with van der Waals surface area (Å²) in [4.78, 5) is 11.1. The van der Waals surface area contributed by atoms with E-state index in [9.17, 15) is 18.0 Å². The number of carbonyl (C=O) groups excluding carboxylic acids is 1. The quantitative estimate of drug-likeness (QED) is 0.911. The number of halogens is 3. The Hall–Kier alpha value is -1.92. The van der Waals surface area contributed by atoms with Crippen LogP contribution in [0.25, 0.3) is 0 Å². The second kappa shape index (κ2) is 5.61. The van der Waals surface area contributed by atoms with Crippen molar-refractivity contribution >= 4 is 11.8 Å². The van der Waals surface area contributed by atoms with Crippen molar-refractivity contribution in [3.63, 3.8) is 0 Å². The van der Waals surface area contributed by atoms with Gasteiger partial charge in [-0.05, 0) is 30.7 Å². The van der Waals surface area contributed by atoms with Crippen molar-refractivity contribution < 1.29 is 27.4 Å². The van der Waals surface area contributed by atoms with Crippen LogP contribution in [0.1, 0.15) is 5.56 Å². The third-order valence-electron chi connectivity index (χ3n) is 2.01. The van der Waals surface area contributed by atoms with Gasteiger partial charge in [0.05, 0.1) is 7.11 Å². The topological polar surface area (TPSA) is 47.6 Å². The zero-order chi connectivity index (χ0) is 13.8. The lowest BCUT2D eigenvalue weighted by Gasteiger charge is -2.10. The molecule has 0 radical (unpaired) electrons. The van der Waals surface area contributed by atoms with E-state index >= 15 is 0 Å². The third kappa shape index (κ3) is 4.52. The van der Waals surface area contributed by atoms with Gasteiger partial charge in [-0.1, -0.05) is 0 Å². The fourth-order valence-electron chi connectivity index (χ4n) is 1.26. The zero-order valence-electron chi connectivity index (χ0n) is 9.80. The molecule has 0 fully saturated rings. The molecule has 0 aromatic heterocycles. The van der Waals surface area contributed by atoms with Gasteiger partial charge in [-0.15, -0.1) is 0 Å². The van der Waals surface area contributed by atoms with E-state index in [-0.39, 0.29) is 0 Å². The number of hydrogen-bond acceptors (Lipinski definition) is 3. The number of alkyl halides is 3. The summed E-state index contributed by atoms with van der Waals surface area (Å²) >= 11 is 0. The third-order valence-corrected chi connectivity index (χ3v) is 2.01. The first-order valence-corrected chi connectivity index (χ1v) is 4.97. The Labute approximate surface area is 102 Å². The fourth-order valence-corrected chi connectivity index (χ4v) is 1.26. The van der Waals surface area contributed by atoms with E-state index in [4.69, 9.17) is 4.74 Å². The maximum Gasteiger partial charge on any atom is 0.422 e. The molecule has 0 atom stereocenters. The van der Waals surface area contributed by atoms with Crippen LogP contribution in [0, 0.1) is 6.92 Å². The summed E-state index contributed by atoms with van der Waals surface area (Å²) in [6, 6.07) is 4.66. The van der Waals surface area contributed by atoms with Gasteiger partial charge in [0.15, 0.2) is 6.61 Å². The molecule has 1 aromatic rings. The lowest BCUT2D eigenvalue weighted by molar-refractivity contribution is -0.159. The van der Waals surface area contributed by atoms with Gasteiger partial charge in [-0.2, -0.15) is 13.2 Å². The monoisotopic (exact) mass is 263 g/mol. The van der Waals surface area contributed by atoms with Gasteiger partial charge >= 0.3 is 12.3 Å². The molecule has 0 spiro atoms. The van der Waals surface area contributed by atoms with Crippen LogP contribution >= 0.6 is 0 Å². The van der Waals surface area contributed by atoms with E-state index < -0.39 is 18.9 Å². The predicted molar refractivity (Wildman–Crippen MR) is 58.8 cm³/mol. The Balaban J connectivity index is 2.57. The van der Waals surface area contributed by atoms with Gasteiger partial charge in [-0.25, -0.2) is 4.79 Å². The molecule has 100 valence electrons. The van der Waals surface area contributed by atoms with Crippen LogP contribution in [-0.2, 0) is 4.74 Å². The highest BCUT2D eigenvalue weighted by molar-refractivity contribution is 5.84. The molecule has 7 heteroatoms. The molecular weight excluding hydrogens is 251 g/mol. The Kier molecular flexibility index (Phi) is 4.41. The number of hydrogen-bond donors (Lipinski definition) is 1. The number of rotatable bonds is 3. The molecule has 0 heterocycles. The number of benzene rings is 1. The smallest absolute Gasteiger partial charge is 0.422 e. The van der Waals surface area contributed by atoms with E-state index in [0.29, 0.717) is 11.4 Å². The summed E-state index contributed by atoms with van der Waals surface area (Å²) in [5.41, 5.74) is 1.08. The minimum atomic E-state index is -4.53. The normalized spacial score (nSPS) is 10.9. The van der Waals surface area contributed by atoms with E-state index in [0.717, 1.165) is 5.56 Å². The summed E-state index contributed by atoms with van der Waals surface area (Å²) in [5, 5.41) is 2.19. The second-order valence-electron chi connectivity index (χ2n) is 3.50. The molecule has 0 saturated carbocycles. The van der Waals surface area contributed by atoms with Crippen LogP contribution in [0.3, 0.4) is 0 Å². The van der Waals surface area contributed by atoms with Crippen LogP contribution in [0.5, 0.6) is 5.75 Å². The Morgan fingerprint density at radius 1 is 1.39 bits per heavy atom. The number of carbonyl (C=O) groups is 1. The fraction of sp³-hybridized carbons (Fsp3) is 0.364. The standard InChI is InChI=1S/C11H12F3NO3/c1-7-5-8(3-4-9(7)17-2)15-10(16)18-6-11(12,13)14/h3-5H,6H2,1-2H3,(H,15,16). The van der Waals surface area contributed by atoms with E-state index in [1.165, 1.54) is 13.2 Å². The minimum Gasteiger partial charge on any atom is -0.496 e. The minimum absolute atomic E-state index is 0.334. The number of aryl methyl sites for hydroxylation is 1. The van der Waals surface area contributed by atoms with Crippen molar-refractivity contribution in [3.05, 3.63) is 23.8 Å². The summed E-state index contributed by atoms with van der Waals surface area (Å²) < 4.78 is 44.4. The maximum atomic E-state index is 11.8. The van der Waals surface area contributed by atoms with E-state index in [1.54, 1.807) is 19.1 Å². The molecule has 0 aliphatic heterocycles. The van der Waals surface area contributed by atoms with Gasteiger partial charge in [0.1, 0.15) is 5.75 Å². The molecule has 1 N–H and O–H groups in total. The first kappa shape index (κ1) is 14.1. The van der Waals surface area contributed by atoms with E-state index in [1.807, 2.05) is 0 Å². The molecule has 0 bridgehead atoms. The van der Waals surface area contributed by atoms with Crippen LogP contribution in [0.4, 0.5) is 23.7 Å². The van der Waals surface area contributed by atoms with Crippen molar-refractivity contribution in [2.24, 2.45) is 0 Å². The molecule has 0 unspecified atom stereocenters. The van der Waals surface area contributed by atoms with Gasteiger partial charge in [-0.3, -0.25) is 5.32 Å². The Bertz CT molecular complexity index is 432. The summed E-state index contributed by atoms with van der Waals surface area (Å²) in [6.07, 6.45) is -5.69. The zero-order valence-corrected chi connectivity index (χ0v) is 9.80. The van der Waals surface area contributed by atoms with Crippen molar-refractivity contribution in [2.75, 3.05) is 19.0 Å². The molecule has 1 aromatic carbocycles. The van der Waals surface area contributed by atoms with Crippen molar-refractivity contribution in [1.29, 1.82) is 0 Å². The average Bonchev–Trinajstić information content (AvgIpc) is 2.26. The van der Waals surface area contributed by atoms with Gasteiger partial charge < -0.3 is 9.47 Å². The molecule has 1 rings (SSSR count). The van der Waals surface area contributed by atoms with Crippen LogP contribution < -0.4 is 10.1 Å². The predicted octanol–water partition coefficient (Wildman–Crippen LogP) is 3.11. The van der Waals surface area contributed by atoms with Crippen LogP contribution in [0.2, 0.25) is 0 Å². The summed E-state index contributed by atoms with van der Waals surface area (Å²) in [7, 11) is 1.49. The number of nitrogens with one attached hydrogen (secondary N) is 1. The van der Waals surface area contributed by atoms with Gasteiger partial charge in [0.2, 0.25) is 0 Å². The second-order valence-corrected chi connectivity index (χ2v) is 3.50. The SMILES string of the molecule is COc1ccc(NC(=O)OCC(F)(F)F)cc1C. The Morgan fingerprint density at radius 2 is 2.06 bits per heavy atom. The molecule has 0 aliphatic carbocycles. The molecular formula is C11H12F3NO3. The average molecular weight is 263 g/mol. The Morgan fingerprint density at radius 3 is 2.56 bits per heavy atom. The number of amides is 1. The maximum absolute atomic E-state index is 11.8. The molecule has 0 saturated heterocycles. The molecule has 1 amide bonds. The number of methoxy groups -OCH3 is 1. The molecule has 18 heavy (non-hydrogen) atoms. The van der Waals surface area contributed by atoms with Gasteiger partial charge in [0, 0.05) is 5.69 Å². The highest BCUT2D eigenvalue weighted by Crippen LogP contribution is 2.21. The largest absolute Gasteiger partial charge is 0.496 e. The summed E-state index contributed by atoms with van der Waals surface area (Å²) in [5.74, 6) is 0.615. The van der Waals surface area contributed by atoms with Crippen LogP contribution in [0.15, 0.2) is 18.2 Å². The first-order valence-electron chi connectivity index (χ1n) is 4.97. The highest BCUT2D eigenvalue weighted by Gasteiger charge is 2.29. The van der Waals surface area contributed by atoms with E-state index in [2.05, 4.69) is 10.1 Å². The summed E-state index contributed by atoms with van der Waals surface area (Å²) in [6.45, 7) is 0.124. The lowest BCUT2D eigenvalue weighted by atomic mass is 10.2. The number of ether oxygens (including phenoxy) is 2. The van der Waals surface area contributed by atoms with Crippen LogP contribution in [-0.4, -0.2) is 26.0 Å². The number of anilines is 1. The first-order chi connectivity index (χ1) is 8.31. The molecule has 0 aliphatic rings. The van der Waals surface area contributed by atoms with Crippen molar-refractivity contribution in [3.8, 4) is 5.75 Å².